The first-order valence-electron chi connectivity index (χ1n) is 13.5. The van der Waals surface area contributed by atoms with E-state index in [-0.39, 0.29) is 71.6 Å². The Bertz CT molecular complexity index is 705. The molecule has 0 saturated heterocycles. The van der Waals surface area contributed by atoms with Crippen LogP contribution in [0.1, 0.15) is 110 Å². The molecule has 1 N–H and O–H groups in total. The zero-order valence-corrected chi connectivity index (χ0v) is 28.5. The summed E-state index contributed by atoms with van der Waals surface area (Å²) in [6.45, 7) is 1.80. The number of rotatable bonds is 23. The molecule has 0 radical (unpaired) electrons. The standard InChI is InChI=1S/C27H48NO6P.2Na/c1-2-3-4-5-6-7-8-9-10-11-12-13-14-15-19-22-27(29)28-25(24-34-35(30,31)32)23-33-26-20-17-16-18-21-26;;/h16-18,20-21,25H,2-15,19,22-24H2,1H3,(H,28,29)(H2,30,31,32);;/q;2*+1/p-2/t25-;;/m1../s1. The van der Waals surface area contributed by atoms with Gasteiger partial charge in [0.25, 0.3) is 7.82 Å². The van der Waals surface area contributed by atoms with Crippen molar-refractivity contribution in [1.82, 2.24) is 0 Å². The smallest absolute Gasteiger partial charge is 0.862 e. The first-order chi connectivity index (χ1) is 16.9. The Hall–Kier alpha value is 0.600. The topological polar surface area (TPSA) is 114 Å². The average Bonchev–Trinajstić information content (AvgIpc) is 2.83. The van der Waals surface area contributed by atoms with Crippen LogP contribution in [0, 0.1) is 0 Å². The maximum atomic E-state index is 12.2. The van der Waals surface area contributed by atoms with Crippen molar-refractivity contribution in [2.45, 2.75) is 116 Å². The van der Waals surface area contributed by atoms with Crippen LogP contribution < -0.4 is 73.9 Å². The summed E-state index contributed by atoms with van der Waals surface area (Å²) in [5.74, 6) is 0.278. The van der Waals surface area contributed by atoms with Gasteiger partial charge in [-0.3, -0.25) is 9.56 Å². The quantitative estimate of drug-likeness (QED) is 0.0663. The zero-order valence-electron chi connectivity index (χ0n) is 23.6. The van der Waals surface area contributed by atoms with Crippen LogP contribution in [-0.2, 0) is 9.09 Å². The normalized spacial score (nSPS) is 13.8. The molecule has 0 bridgehead atoms. The van der Waals surface area contributed by atoms with E-state index in [1.807, 2.05) is 6.07 Å². The van der Waals surface area contributed by atoms with Crippen molar-refractivity contribution in [3.8, 4) is 5.75 Å². The summed E-state index contributed by atoms with van der Waals surface area (Å²) in [6, 6.07) is 8.14. The number of para-hydroxylation sites is 1. The van der Waals surface area contributed by atoms with Gasteiger partial charge < -0.3 is 24.2 Å². The van der Waals surface area contributed by atoms with E-state index in [1.54, 1.807) is 24.3 Å². The summed E-state index contributed by atoms with van der Waals surface area (Å²) in [7, 11) is -4.89. The third kappa shape index (κ3) is 26.6. The van der Waals surface area contributed by atoms with Crippen LogP contribution in [0.4, 0.5) is 0 Å². The van der Waals surface area contributed by atoms with Gasteiger partial charge in [-0.15, -0.1) is 0 Å². The third-order valence-corrected chi connectivity index (χ3v) is 6.41. The molecule has 0 aliphatic heterocycles. The second-order valence-corrected chi connectivity index (χ2v) is 10.5. The molecule has 1 aromatic carbocycles. The summed E-state index contributed by atoms with van der Waals surface area (Å²) < 4.78 is 20.9. The van der Waals surface area contributed by atoms with Crippen molar-refractivity contribution >= 4 is 13.7 Å². The Morgan fingerprint density at radius 3 is 1.76 bits per heavy atom. The van der Waals surface area contributed by atoms with Crippen LogP contribution in [0.25, 0.3) is 0 Å². The van der Waals surface area contributed by atoms with Crippen molar-refractivity contribution in [3.63, 3.8) is 0 Å². The molecule has 202 valence electrons. The zero-order chi connectivity index (χ0) is 25.6. The molecule has 2 atom stereocenters. The fourth-order valence-corrected chi connectivity index (χ4v) is 4.29. The van der Waals surface area contributed by atoms with Gasteiger partial charge in [-0.05, 0) is 30.9 Å². The van der Waals surface area contributed by atoms with Gasteiger partial charge >= 0.3 is 59.1 Å². The number of aliphatic imine (C=N–C) groups is 1. The number of phosphoric ester groups is 1. The van der Waals surface area contributed by atoms with E-state index in [4.69, 9.17) is 9.63 Å². The van der Waals surface area contributed by atoms with Crippen molar-refractivity contribution in [1.29, 1.82) is 0 Å². The van der Waals surface area contributed by atoms with Gasteiger partial charge in [0.05, 0.1) is 6.61 Å². The molecule has 0 aliphatic rings. The first kappa shape index (κ1) is 39.7. The van der Waals surface area contributed by atoms with Crippen molar-refractivity contribution in [3.05, 3.63) is 30.3 Å². The van der Waals surface area contributed by atoms with Gasteiger partial charge in [0, 0.05) is 0 Å². The summed E-state index contributed by atoms with van der Waals surface area (Å²) in [5, 5.41) is 12.2. The number of ether oxygens (including phenoxy) is 1. The number of unbranched alkanes of at least 4 members (excludes halogenated alkanes) is 14. The van der Waals surface area contributed by atoms with Crippen molar-refractivity contribution in [2.24, 2.45) is 4.99 Å². The van der Waals surface area contributed by atoms with E-state index in [0.717, 1.165) is 19.3 Å². The third-order valence-electron chi connectivity index (χ3n) is 5.94. The molecule has 1 rings (SSSR count). The maximum Gasteiger partial charge on any atom is 1.00 e. The van der Waals surface area contributed by atoms with Crippen LogP contribution in [-0.4, -0.2) is 30.0 Å². The Morgan fingerprint density at radius 2 is 1.30 bits per heavy atom. The molecular weight excluding hydrogens is 511 g/mol. The summed E-state index contributed by atoms with van der Waals surface area (Å²) in [4.78, 5) is 23.8. The van der Waals surface area contributed by atoms with Crippen LogP contribution in [0.5, 0.6) is 5.75 Å². The summed E-state index contributed by atoms with van der Waals surface area (Å²) in [5.41, 5.74) is 0. The van der Waals surface area contributed by atoms with Crippen LogP contribution in [0.3, 0.4) is 0 Å². The molecule has 1 aromatic rings. The minimum Gasteiger partial charge on any atom is -0.862 e. The Balaban J connectivity index is 0. The average molecular weight is 558 g/mol. The molecule has 0 amide bonds. The van der Waals surface area contributed by atoms with Crippen molar-refractivity contribution in [2.75, 3.05) is 13.2 Å². The monoisotopic (exact) mass is 557 g/mol. The van der Waals surface area contributed by atoms with Gasteiger partial charge in [0.2, 0.25) is 0 Å². The fourth-order valence-electron chi connectivity index (χ4n) is 3.93. The molecule has 0 spiro atoms. The van der Waals surface area contributed by atoms with E-state index in [2.05, 4.69) is 16.4 Å². The Labute approximate surface area is 269 Å². The maximum absolute atomic E-state index is 12.2. The molecule has 10 heteroatoms. The number of phosphoric acid groups is 1. The second-order valence-electron chi connectivity index (χ2n) is 9.26. The van der Waals surface area contributed by atoms with E-state index < -0.39 is 20.5 Å². The summed E-state index contributed by atoms with van der Waals surface area (Å²) >= 11 is 0. The number of benzene rings is 1. The van der Waals surface area contributed by atoms with E-state index in [1.165, 1.54) is 77.0 Å². The number of hydrogen-bond acceptors (Lipinski definition) is 6. The second kappa shape index (κ2) is 26.8. The van der Waals surface area contributed by atoms with Crippen LogP contribution in [0.2, 0.25) is 0 Å². The van der Waals surface area contributed by atoms with Gasteiger partial charge in [0.1, 0.15) is 18.4 Å². The van der Waals surface area contributed by atoms with Crippen molar-refractivity contribution < 1.29 is 87.8 Å². The van der Waals surface area contributed by atoms with Crippen LogP contribution >= 0.6 is 7.82 Å². The Morgan fingerprint density at radius 1 is 0.838 bits per heavy atom. The van der Waals surface area contributed by atoms with E-state index in [9.17, 15) is 14.6 Å². The van der Waals surface area contributed by atoms with Gasteiger partial charge in [-0.1, -0.05) is 115 Å². The number of hydrogen-bond donors (Lipinski definition) is 1. The molecule has 0 saturated carbocycles. The largest absolute Gasteiger partial charge is 1.00 e. The first-order valence-corrected chi connectivity index (χ1v) is 15.0. The predicted molar refractivity (Wildman–Crippen MR) is 138 cm³/mol. The van der Waals surface area contributed by atoms with E-state index in [0.29, 0.717) is 12.2 Å². The predicted octanol–water partition coefficient (Wildman–Crippen LogP) is -0.0604. The molecule has 0 aliphatic carbocycles. The molecular formula is C27H46NNa2O6P. The molecule has 1 unspecified atom stereocenters. The Kier molecular flexibility index (Phi) is 28.8. The van der Waals surface area contributed by atoms with Gasteiger partial charge in [-0.25, -0.2) is 0 Å². The summed E-state index contributed by atoms with van der Waals surface area (Å²) in [6.07, 6.45) is 19.2. The molecule has 0 aromatic heterocycles. The van der Waals surface area contributed by atoms with Gasteiger partial charge in [-0.2, -0.15) is 0 Å². The van der Waals surface area contributed by atoms with E-state index >= 15 is 0 Å². The van der Waals surface area contributed by atoms with Gasteiger partial charge in [0.15, 0.2) is 0 Å². The molecule has 7 nitrogen and oxygen atoms in total. The molecule has 0 heterocycles. The minimum atomic E-state index is -4.89. The molecule has 0 fully saturated rings. The number of nitrogens with zero attached hydrogens (tertiary/aromatic N) is 1. The molecule has 37 heavy (non-hydrogen) atoms. The van der Waals surface area contributed by atoms with Crippen LogP contribution in [0.15, 0.2) is 35.3 Å². The minimum absolute atomic E-state index is 0. The SMILES string of the molecule is CCCCCCCCCCCCCCCCCC([O-])=N[C@H](COc1ccccc1)COP(=O)([O-])O.[Na+].[Na+]. The fraction of sp³-hybridized carbons (Fsp3) is 0.741.